The van der Waals surface area contributed by atoms with Gasteiger partial charge in [0, 0.05) is 6.20 Å². The maximum Gasteiger partial charge on any atom is 0.348 e. The molecule has 136 valence electrons. The molecule has 2 N–H and O–H groups in total. The molecule has 5 rings (SSSR count). The second-order valence-electron chi connectivity index (χ2n) is 6.30. The Labute approximate surface area is 163 Å². The smallest absolute Gasteiger partial charge is 0.348 e. The highest BCUT2D eigenvalue weighted by Gasteiger charge is 2.32. The van der Waals surface area contributed by atoms with E-state index in [-0.39, 0.29) is 4.88 Å². The molecular formula is C21H13N3O3S. The highest BCUT2D eigenvalue weighted by Crippen LogP contribution is 2.45. The molecule has 7 heteroatoms. The van der Waals surface area contributed by atoms with Crippen molar-refractivity contribution in [3.63, 3.8) is 0 Å². The van der Waals surface area contributed by atoms with Crippen LogP contribution in [0.15, 0.2) is 66.9 Å². The van der Waals surface area contributed by atoms with E-state index in [0.29, 0.717) is 27.3 Å². The normalized spacial score (nSPS) is 12.9. The fourth-order valence-corrected chi connectivity index (χ4v) is 4.40. The number of carboxylic acids is 1. The summed E-state index contributed by atoms with van der Waals surface area (Å²) in [7, 11) is 0. The standard InChI is InChI=1S/C21H13N3O3S/c25-20(26)18-17-16-15(9-10-22-19(16)28-18)24(21(27)23-17)14-8-4-7-13(11-14)12-5-2-1-3-6-12/h1-11H,(H,23,27)(H,25,26). The van der Waals surface area contributed by atoms with Gasteiger partial charge in [0.1, 0.15) is 9.71 Å². The summed E-state index contributed by atoms with van der Waals surface area (Å²) >= 11 is 1.06. The van der Waals surface area contributed by atoms with Crippen LogP contribution in [0.3, 0.4) is 0 Å². The summed E-state index contributed by atoms with van der Waals surface area (Å²) in [6.07, 6.45) is 1.59. The molecule has 6 nitrogen and oxygen atoms in total. The van der Waals surface area contributed by atoms with Crippen LogP contribution in [-0.4, -0.2) is 22.1 Å². The van der Waals surface area contributed by atoms with Crippen LogP contribution < -0.4 is 10.2 Å². The van der Waals surface area contributed by atoms with Crippen molar-refractivity contribution in [3.05, 3.63) is 71.7 Å². The zero-order chi connectivity index (χ0) is 19.3. The Hall–Kier alpha value is -3.71. The van der Waals surface area contributed by atoms with Gasteiger partial charge in [-0.05, 0) is 29.3 Å². The molecule has 0 unspecified atom stereocenters. The molecule has 0 spiro atoms. The number of aromatic nitrogens is 1. The average Bonchev–Trinajstić information content (AvgIpc) is 3.09. The average molecular weight is 387 g/mol. The predicted octanol–water partition coefficient (Wildman–Crippen LogP) is 5.35. The Morgan fingerprint density at radius 1 is 1.04 bits per heavy atom. The molecule has 1 aliphatic rings. The number of anilines is 3. The Morgan fingerprint density at radius 3 is 2.61 bits per heavy atom. The summed E-state index contributed by atoms with van der Waals surface area (Å²) in [5, 5.41) is 12.8. The van der Waals surface area contributed by atoms with Gasteiger partial charge >= 0.3 is 12.0 Å². The summed E-state index contributed by atoms with van der Waals surface area (Å²) in [4.78, 5) is 31.0. The van der Waals surface area contributed by atoms with Crippen LogP contribution in [0.1, 0.15) is 9.67 Å². The van der Waals surface area contributed by atoms with E-state index in [9.17, 15) is 14.7 Å². The molecule has 2 amide bonds. The van der Waals surface area contributed by atoms with Crippen molar-refractivity contribution in [2.24, 2.45) is 0 Å². The number of rotatable bonds is 3. The monoisotopic (exact) mass is 387 g/mol. The quantitative estimate of drug-likeness (QED) is 0.497. The Bertz CT molecular complexity index is 1250. The number of nitrogens with zero attached hydrogens (tertiary/aromatic N) is 2. The van der Waals surface area contributed by atoms with Crippen LogP contribution >= 0.6 is 11.3 Å². The number of hydrogen-bond donors (Lipinski definition) is 2. The molecule has 1 aliphatic heterocycles. The van der Waals surface area contributed by atoms with E-state index >= 15 is 0 Å². The molecule has 2 aromatic carbocycles. The summed E-state index contributed by atoms with van der Waals surface area (Å²) in [5.74, 6) is -1.08. The number of hydrogen-bond acceptors (Lipinski definition) is 4. The zero-order valence-electron chi connectivity index (χ0n) is 14.4. The van der Waals surface area contributed by atoms with E-state index in [0.717, 1.165) is 22.5 Å². The van der Waals surface area contributed by atoms with Gasteiger partial charge in [0.2, 0.25) is 0 Å². The third kappa shape index (κ3) is 2.44. The number of pyridine rings is 1. The molecule has 0 radical (unpaired) electrons. The molecule has 2 aromatic heterocycles. The Morgan fingerprint density at radius 2 is 1.82 bits per heavy atom. The summed E-state index contributed by atoms with van der Waals surface area (Å²) in [6.45, 7) is 0. The van der Waals surface area contributed by atoms with E-state index in [1.807, 2.05) is 54.6 Å². The van der Waals surface area contributed by atoms with Gasteiger partial charge in [-0.3, -0.25) is 4.90 Å². The van der Waals surface area contributed by atoms with Gasteiger partial charge in [0.25, 0.3) is 0 Å². The Kier molecular flexibility index (Phi) is 3.63. The van der Waals surface area contributed by atoms with Gasteiger partial charge in [-0.1, -0.05) is 42.5 Å². The third-order valence-electron chi connectivity index (χ3n) is 4.65. The lowest BCUT2D eigenvalue weighted by Crippen LogP contribution is -2.34. The van der Waals surface area contributed by atoms with Gasteiger partial charge in [-0.15, -0.1) is 11.3 Å². The highest BCUT2D eigenvalue weighted by molar-refractivity contribution is 7.21. The SMILES string of the molecule is O=C(O)c1sc2nccc3c2c1NC(=O)N3c1cccc(-c2ccccc2)c1. The number of carboxylic acid groups (broad SMARTS) is 1. The zero-order valence-corrected chi connectivity index (χ0v) is 15.2. The predicted molar refractivity (Wildman–Crippen MR) is 110 cm³/mol. The van der Waals surface area contributed by atoms with Gasteiger partial charge in [0.15, 0.2) is 0 Å². The molecule has 28 heavy (non-hydrogen) atoms. The van der Waals surface area contributed by atoms with Crippen LogP contribution in [-0.2, 0) is 0 Å². The summed E-state index contributed by atoms with van der Waals surface area (Å²) in [5.41, 5.74) is 3.67. The maximum absolute atomic E-state index is 12.9. The van der Waals surface area contributed by atoms with E-state index in [1.54, 1.807) is 17.2 Å². The van der Waals surface area contributed by atoms with Crippen molar-refractivity contribution >= 4 is 50.6 Å². The largest absolute Gasteiger partial charge is 0.477 e. The second kappa shape index (κ2) is 6.17. The molecule has 3 heterocycles. The van der Waals surface area contributed by atoms with Crippen LogP contribution in [0.5, 0.6) is 0 Å². The fourth-order valence-electron chi connectivity index (χ4n) is 3.45. The summed E-state index contributed by atoms with van der Waals surface area (Å²) < 4.78 is 0. The van der Waals surface area contributed by atoms with Gasteiger partial charge in [-0.2, -0.15) is 0 Å². The van der Waals surface area contributed by atoms with E-state index < -0.39 is 12.0 Å². The molecule has 0 saturated heterocycles. The number of benzene rings is 2. The lowest BCUT2D eigenvalue weighted by molar-refractivity contribution is 0.0703. The number of carbonyl (C=O) groups excluding carboxylic acids is 1. The van der Waals surface area contributed by atoms with Crippen LogP contribution in [0.2, 0.25) is 0 Å². The van der Waals surface area contributed by atoms with Crippen LogP contribution in [0, 0.1) is 0 Å². The topological polar surface area (TPSA) is 82.5 Å². The van der Waals surface area contributed by atoms with Crippen LogP contribution in [0.4, 0.5) is 21.9 Å². The van der Waals surface area contributed by atoms with Crippen molar-refractivity contribution in [3.8, 4) is 11.1 Å². The lowest BCUT2D eigenvalue weighted by Gasteiger charge is -2.28. The highest BCUT2D eigenvalue weighted by atomic mass is 32.1. The molecule has 0 atom stereocenters. The number of urea groups is 1. The maximum atomic E-state index is 12.9. The lowest BCUT2D eigenvalue weighted by atomic mass is 10.0. The van der Waals surface area contributed by atoms with Crippen molar-refractivity contribution in [2.75, 3.05) is 10.2 Å². The molecule has 0 aliphatic carbocycles. The second-order valence-corrected chi connectivity index (χ2v) is 7.30. The molecule has 0 saturated carbocycles. The van der Waals surface area contributed by atoms with Crippen molar-refractivity contribution in [1.29, 1.82) is 0 Å². The first-order valence-electron chi connectivity index (χ1n) is 8.55. The molecule has 4 aromatic rings. The van der Waals surface area contributed by atoms with Gasteiger partial charge in [-0.25, -0.2) is 14.6 Å². The Balaban J connectivity index is 1.70. The fraction of sp³-hybridized carbons (Fsp3) is 0. The number of aromatic carboxylic acids is 1. The number of nitrogens with one attached hydrogen (secondary N) is 1. The van der Waals surface area contributed by atoms with Crippen molar-refractivity contribution in [2.45, 2.75) is 0 Å². The van der Waals surface area contributed by atoms with Crippen LogP contribution in [0.25, 0.3) is 21.3 Å². The van der Waals surface area contributed by atoms with E-state index in [1.165, 1.54) is 0 Å². The van der Waals surface area contributed by atoms with E-state index in [2.05, 4.69) is 10.3 Å². The minimum atomic E-state index is -1.08. The van der Waals surface area contributed by atoms with Gasteiger partial charge in [0.05, 0.1) is 22.4 Å². The van der Waals surface area contributed by atoms with E-state index in [4.69, 9.17) is 0 Å². The van der Waals surface area contributed by atoms with Gasteiger partial charge < -0.3 is 10.4 Å². The minimum Gasteiger partial charge on any atom is -0.477 e. The number of carbonyl (C=O) groups is 2. The first kappa shape index (κ1) is 16.5. The molecule has 0 fully saturated rings. The first-order valence-corrected chi connectivity index (χ1v) is 9.36. The van der Waals surface area contributed by atoms with Crippen molar-refractivity contribution < 1.29 is 14.7 Å². The molecular weight excluding hydrogens is 374 g/mol. The number of amides is 2. The van der Waals surface area contributed by atoms with Crippen molar-refractivity contribution in [1.82, 2.24) is 4.98 Å². The third-order valence-corrected chi connectivity index (χ3v) is 5.74. The molecule has 0 bridgehead atoms. The first-order chi connectivity index (χ1) is 13.6. The minimum absolute atomic E-state index is 0.0842. The summed E-state index contributed by atoms with van der Waals surface area (Å²) in [6, 6.07) is 18.9. The number of thiophene rings is 1.